The Morgan fingerprint density at radius 1 is 1.03 bits per heavy atom. The molecule has 194 valence electrons. The largest absolute Gasteiger partial charge is 0.573 e. The van der Waals surface area contributed by atoms with Crippen molar-refractivity contribution in [1.82, 2.24) is 4.98 Å². The van der Waals surface area contributed by atoms with Crippen LogP contribution < -0.4 is 19.1 Å². The summed E-state index contributed by atoms with van der Waals surface area (Å²) in [4.78, 5) is 6.78. The van der Waals surface area contributed by atoms with Gasteiger partial charge in [0.1, 0.15) is 5.75 Å². The van der Waals surface area contributed by atoms with Crippen LogP contribution in [-0.4, -0.2) is 52.3 Å². The van der Waals surface area contributed by atoms with E-state index in [-0.39, 0.29) is 4.90 Å². The summed E-state index contributed by atoms with van der Waals surface area (Å²) in [6.07, 6.45) is -3.42. The second-order valence-electron chi connectivity index (χ2n) is 8.24. The predicted octanol–water partition coefficient (Wildman–Crippen LogP) is 5.09. The number of hydrogen-bond donors (Lipinski definition) is 0. The van der Waals surface area contributed by atoms with Crippen molar-refractivity contribution in [3.63, 3.8) is 0 Å². The number of sulfone groups is 1. The highest BCUT2D eigenvalue weighted by atomic mass is 32.2. The van der Waals surface area contributed by atoms with Crippen LogP contribution in [0, 0.1) is 0 Å². The SMILES string of the molecule is COc1ccc(Cc2csc(N3CCC(S(=O)(=O)c4ccc(OC(F)(F)F)cc4)CC3)n2)cc1OC. The Morgan fingerprint density at radius 3 is 2.31 bits per heavy atom. The zero-order valence-corrected chi connectivity index (χ0v) is 21.3. The van der Waals surface area contributed by atoms with Gasteiger partial charge in [0, 0.05) is 24.9 Å². The molecule has 12 heteroatoms. The van der Waals surface area contributed by atoms with Gasteiger partial charge in [-0.2, -0.15) is 0 Å². The van der Waals surface area contributed by atoms with Crippen molar-refractivity contribution in [2.45, 2.75) is 35.8 Å². The summed E-state index contributed by atoms with van der Waals surface area (Å²) >= 11 is 1.51. The van der Waals surface area contributed by atoms with E-state index in [1.165, 1.54) is 11.3 Å². The third-order valence-electron chi connectivity index (χ3n) is 5.91. The van der Waals surface area contributed by atoms with Crippen molar-refractivity contribution < 1.29 is 35.8 Å². The molecule has 0 unspecified atom stereocenters. The van der Waals surface area contributed by atoms with Crippen molar-refractivity contribution in [1.29, 1.82) is 0 Å². The van der Waals surface area contributed by atoms with Gasteiger partial charge in [-0.05, 0) is 54.8 Å². The smallest absolute Gasteiger partial charge is 0.493 e. The number of halogens is 3. The first kappa shape index (κ1) is 26.1. The van der Waals surface area contributed by atoms with E-state index >= 15 is 0 Å². The molecule has 36 heavy (non-hydrogen) atoms. The normalized spacial score (nSPS) is 15.1. The first-order valence-electron chi connectivity index (χ1n) is 11.1. The van der Waals surface area contributed by atoms with Gasteiger partial charge in [0.05, 0.1) is 30.1 Å². The molecule has 1 aromatic heterocycles. The summed E-state index contributed by atoms with van der Waals surface area (Å²) in [6.45, 7) is 1.03. The Kier molecular flexibility index (Phi) is 7.65. The molecule has 3 aromatic rings. The van der Waals surface area contributed by atoms with Crippen molar-refractivity contribution in [2.75, 3.05) is 32.2 Å². The minimum atomic E-state index is -4.83. The molecule has 2 aromatic carbocycles. The average Bonchev–Trinajstić information content (AvgIpc) is 3.32. The van der Waals surface area contributed by atoms with Gasteiger partial charge in [0.15, 0.2) is 26.5 Å². The molecular weight excluding hydrogens is 517 g/mol. The Hall–Kier alpha value is -2.99. The van der Waals surface area contributed by atoms with E-state index in [2.05, 4.69) is 9.64 Å². The molecule has 4 rings (SSSR count). The van der Waals surface area contributed by atoms with Gasteiger partial charge in [-0.3, -0.25) is 0 Å². The summed E-state index contributed by atoms with van der Waals surface area (Å²) in [5.74, 6) is 0.851. The molecule has 0 saturated carbocycles. The topological polar surface area (TPSA) is 78.0 Å². The summed E-state index contributed by atoms with van der Waals surface area (Å²) < 4.78 is 77.5. The Labute approximate surface area is 211 Å². The lowest BCUT2D eigenvalue weighted by molar-refractivity contribution is -0.274. The number of nitrogens with zero attached hydrogens (tertiary/aromatic N) is 2. The molecule has 2 heterocycles. The van der Waals surface area contributed by atoms with Gasteiger partial charge in [0.2, 0.25) is 0 Å². The standard InChI is InChI=1S/C24H25F3N2O5S2/c1-32-21-8-3-16(14-22(21)33-2)13-17-15-35-23(28-17)29-11-9-20(10-12-29)36(30,31)19-6-4-18(5-7-19)34-24(25,26)27/h3-8,14-15,20H,9-13H2,1-2H3. The lowest BCUT2D eigenvalue weighted by atomic mass is 10.1. The minimum absolute atomic E-state index is 0.0121. The molecule has 7 nitrogen and oxygen atoms in total. The average molecular weight is 543 g/mol. The van der Waals surface area contributed by atoms with E-state index < -0.39 is 27.2 Å². The first-order valence-corrected chi connectivity index (χ1v) is 13.5. The number of ether oxygens (including phenoxy) is 3. The number of alkyl halides is 3. The molecule has 0 bridgehead atoms. The van der Waals surface area contributed by atoms with Crippen molar-refractivity contribution in [2.24, 2.45) is 0 Å². The Balaban J connectivity index is 1.37. The van der Waals surface area contributed by atoms with Gasteiger partial charge >= 0.3 is 6.36 Å². The quantitative estimate of drug-likeness (QED) is 0.392. The fourth-order valence-electron chi connectivity index (χ4n) is 4.10. The monoisotopic (exact) mass is 542 g/mol. The number of piperidine rings is 1. The third kappa shape index (κ3) is 6.04. The molecule has 1 aliphatic rings. The molecular formula is C24H25F3N2O5S2. The van der Waals surface area contributed by atoms with Gasteiger partial charge in [0.25, 0.3) is 0 Å². The number of rotatable bonds is 8. The fraction of sp³-hybridized carbons (Fsp3) is 0.375. The zero-order valence-electron chi connectivity index (χ0n) is 19.6. The zero-order chi connectivity index (χ0) is 25.9. The highest BCUT2D eigenvalue weighted by molar-refractivity contribution is 7.92. The highest BCUT2D eigenvalue weighted by Gasteiger charge is 2.33. The molecule has 0 spiro atoms. The highest BCUT2D eigenvalue weighted by Crippen LogP contribution is 2.32. The van der Waals surface area contributed by atoms with Crippen LogP contribution in [0.25, 0.3) is 0 Å². The van der Waals surface area contributed by atoms with E-state index in [0.717, 1.165) is 40.7 Å². The molecule has 0 radical (unpaired) electrons. The molecule has 1 fully saturated rings. The summed E-state index contributed by atoms with van der Waals surface area (Å²) in [6, 6.07) is 10.1. The second-order valence-corrected chi connectivity index (χ2v) is 11.3. The lowest BCUT2D eigenvalue weighted by Gasteiger charge is -2.31. The van der Waals surface area contributed by atoms with Gasteiger partial charge in [-0.25, -0.2) is 13.4 Å². The van der Waals surface area contributed by atoms with Crippen LogP contribution in [0.4, 0.5) is 18.3 Å². The van der Waals surface area contributed by atoms with Crippen molar-refractivity contribution in [3.8, 4) is 17.2 Å². The molecule has 1 aliphatic heterocycles. The van der Waals surface area contributed by atoms with E-state index in [1.807, 2.05) is 23.6 Å². The second kappa shape index (κ2) is 10.6. The summed E-state index contributed by atoms with van der Waals surface area (Å²) in [5.41, 5.74) is 1.93. The van der Waals surface area contributed by atoms with E-state index in [0.29, 0.717) is 43.9 Å². The number of aromatic nitrogens is 1. The lowest BCUT2D eigenvalue weighted by Crippen LogP contribution is -2.39. The van der Waals surface area contributed by atoms with Crippen LogP contribution in [0.5, 0.6) is 17.2 Å². The number of hydrogen-bond acceptors (Lipinski definition) is 8. The van der Waals surface area contributed by atoms with E-state index in [9.17, 15) is 21.6 Å². The fourth-order valence-corrected chi connectivity index (χ4v) is 6.71. The molecule has 0 amide bonds. The maximum Gasteiger partial charge on any atom is 0.573 e. The van der Waals surface area contributed by atoms with Crippen LogP contribution in [0.1, 0.15) is 24.1 Å². The first-order chi connectivity index (χ1) is 17.1. The maximum atomic E-state index is 13.0. The minimum Gasteiger partial charge on any atom is -0.493 e. The Morgan fingerprint density at radius 2 is 1.69 bits per heavy atom. The van der Waals surface area contributed by atoms with Gasteiger partial charge < -0.3 is 19.1 Å². The molecule has 0 N–H and O–H groups in total. The van der Waals surface area contributed by atoms with Crippen molar-refractivity contribution >= 4 is 26.3 Å². The van der Waals surface area contributed by atoms with Crippen LogP contribution >= 0.6 is 11.3 Å². The number of methoxy groups -OCH3 is 2. The molecule has 0 aliphatic carbocycles. The van der Waals surface area contributed by atoms with Crippen molar-refractivity contribution in [3.05, 3.63) is 59.1 Å². The Bertz CT molecular complexity index is 1290. The molecule has 1 saturated heterocycles. The predicted molar refractivity (Wildman–Crippen MR) is 130 cm³/mol. The number of thiazole rings is 1. The number of benzene rings is 2. The van der Waals surface area contributed by atoms with E-state index in [4.69, 9.17) is 14.5 Å². The number of anilines is 1. The van der Waals surface area contributed by atoms with Crippen LogP contribution in [0.3, 0.4) is 0 Å². The maximum absolute atomic E-state index is 13.0. The third-order valence-corrected chi connectivity index (χ3v) is 9.14. The van der Waals surface area contributed by atoms with Crippen LogP contribution in [0.15, 0.2) is 52.7 Å². The van der Waals surface area contributed by atoms with Crippen LogP contribution in [-0.2, 0) is 16.3 Å². The van der Waals surface area contributed by atoms with Crippen LogP contribution in [0.2, 0.25) is 0 Å². The summed E-state index contributed by atoms with van der Waals surface area (Å²) in [5, 5.41) is 2.20. The van der Waals surface area contributed by atoms with Gasteiger partial charge in [-0.1, -0.05) is 6.07 Å². The van der Waals surface area contributed by atoms with Gasteiger partial charge in [-0.15, -0.1) is 24.5 Å². The summed E-state index contributed by atoms with van der Waals surface area (Å²) in [7, 11) is -0.506. The van der Waals surface area contributed by atoms with E-state index in [1.54, 1.807) is 14.2 Å². The molecule has 0 atom stereocenters.